The molecule has 0 unspecified atom stereocenters. The maximum absolute atomic E-state index is 12.5. The molecule has 1 aliphatic rings. The molecule has 0 aliphatic carbocycles. The van der Waals surface area contributed by atoms with Gasteiger partial charge in [-0.3, -0.25) is 14.5 Å². The van der Waals surface area contributed by atoms with Gasteiger partial charge in [-0.05, 0) is 37.3 Å². The predicted molar refractivity (Wildman–Crippen MR) is 102 cm³/mol. The summed E-state index contributed by atoms with van der Waals surface area (Å²) in [5.74, 6) is 0.605. The van der Waals surface area contributed by atoms with Crippen LogP contribution >= 0.6 is 23.2 Å². The number of benzene rings is 2. The largest absolute Gasteiger partial charge is 0.272 e. The molecule has 1 aliphatic heterocycles. The highest BCUT2D eigenvalue weighted by Gasteiger charge is 2.34. The molecular weight excluding hydrogens is 387 g/mol. The Kier molecular flexibility index (Phi) is 4.45. The predicted octanol–water partition coefficient (Wildman–Crippen LogP) is 3.86. The first-order valence-electron chi connectivity index (χ1n) is 8.28. The third kappa shape index (κ3) is 3.11. The van der Waals surface area contributed by atoms with Gasteiger partial charge in [-0.25, -0.2) is 9.67 Å². The molecule has 136 valence electrons. The molecule has 0 atom stereocenters. The van der Waals surface area contributed by atoms with Crippen LogP contribution in [0.15, 0.2) is 42.5 Å². The van der Waals surface area contributed by atoms with Crippen LogP contribution in [0.25, 0.3) is 11.4 Å². The van der Waals surface area contributed by atoms with Crippen molar-refractivity contribution in [3.8, 4) is 11.4 Å². The van der Waals surface area contributed by atoms with Gasteiger partial charge in [0.05, 0.1) is 27.7 Å². The third-order valence-electron chi connectivity index (χ3n) is 4.37. The SMILES string of the molecule is Cc1nc(-c2ccc(Cl)c(Cl)c2)n(CCN2C(=O)c3ccccc3C2=O)n1. The Labute approximate surface area is 165 Å². The van der Waals surface area contributed by atoms with E-state index in [0.717, 1.165) is 5.56 Å². The zero-order valence-electron chi connectivity index (χ0n) is 14.3. The Morgan fingerprint density at radius 3 is 2.22 bits per heavy atom. The number of aryl methyl sites for hydroxylation is 1. The molecule has 0 saturated heterocycles. The van der Waals surface area contributed by atoms with Gasteiger partial charge in [0.2, 0.25) is 0 Å². The molecule has 0 bridgehead atoms. The summed E-state index contributed by atoms with van der Waals surface area (Å²) in [5, 5.41) is 5.25. The second kappa shape index (κ2) is 6.79. The van der Waals surface area contributed by atoms with E-state index >= 15 is 0 Å². The van der Waals surface area contributed by atoms with Crippen molar-refractivity contribution in [3.05, 3.63) is 69.5 Å². The van der Waals surface area contributed by atoms with Crippen molar-refractivity contribution < 1.29 is 9.59 Å². The number of carbonyl (C=O) groups excluding carboxylic acids is 2. The molecule has 6 nitrogen and oxygen atoms in total. The molecule has 2 aromatic carbocycles. The first kappa shape index (κ1) is 17.7. The molecule has 2 heterocycles. The average molecular weight is 401 g/mol. The number of halogens is 2. The second-order valence-corrected chi connectivity index (χ2v) is 6.96. The van der Waals surface area contributed by atoms with Crippen molar-refractivity contribution in [2.45, 2.75) is 13.5 Å². The second-order valence-electron chi connectivity index (χ2n) is 6.14. The molecule has 27 heavy (non-hydrogen) atoms. The zero-order chi connectivity index (χ0) is 19.1. The van der Waals surface area contributed by atoms with Crippen molar-refractivity contribution in [1.29, 1.82) is 0 Å². The highest BCUT2D eigenvalue weighted by atomic mass is 35.5. The van der Waals surface area contributed by atoms with E-state index in [-0.39, 0.29) is 18.4 Å². The Bertz CT molecular complexity index is 1040. The van der Waals surface area contributed by atoms with Crippen LogP contribution in [0.4, 0.5) is 0 Å². The molecule has 0 spiro atoms. The van der Waals surface area contributed by atoms with Crippen LogP contribution < -0.4 is 0 Å². The number of hydrogen-bond donors (Lipinski definition) is 0. The van der Waals surface area contributed by atoms with Crippen molar-refractivity contribution in [3.63, 3.8) is 0 Å². The highest BCUT2D eigenvalue weighted by Crippen LogP contribution is 2.28. The normalized spacial score (nSPS) is 13.4. The first-order valence-corrected chi connectivity index (χ1v) is 9.03. The molecule has 1 aromatic heterocycles. The fraction of sp³-hybridized carbons (Fsp3) is 0.158. The van der Waals surface area contributed by atoms with E-state index in [1.807, 2.05) is 0 Å². The van der Waals surface area contributed by atoms with Gasteiger partial charge >= 0.3 is 0 Å². The third-order valence-corrected chi connectivity index (χ3v) is 5.11. The summed E-state index contributed by atoms with van der Waals surface area (Å²) < 4.78 is 1.67. The smallest absolute Gasteiger partial charge is 0.261 e. The number of carbonyl (C=O) groups is 2. The summed E-state index contributed by atoms with van der Waals surface area (Å²) in [6, 6.07) is 12.0. The molecule has 3 aromatic rings. The van der Waals surface area contributed by atoms with Crippen LogP contribution in [0, 0.1) is 6.92 Å². The van der Waals surface area contributed by atoms with Gasteiger partial charge in [-0.2, -0.15) is 5.10 Å². The van der Waals surface area contributed by atoms with Crippen LogP contribution in [-0.2, 0) is 6.54 Å². The quantitative estimate of drug-likeness (QED) is 0.623. The number of imide groups is 1. The lowest BCUT2D eigenvalue weighted by atomic mass is 10.1. The van der Waals surface area contributed by atoms with Crippen LogP contribution in [0.1, 0.15) is 26.5 Å². The molecular formula is C19H14Cl2N4O2. The minimum atomic E-state index is -0.288. The number of fused-ring (bicyclic) bond motifs is 1. The summed E-state index contributed by atoms with van der Waals surface area (Å²) in [4.78, 5) is 30.7. The van der Waals surface area contributed by atoms with E-state index < -0.39 is 0 Å². The van der Waals surface area contributed by atoms with E-state index in [4.69, 9.17) is 23.2 Å². The molecule has 8 heteroatoms. The first-order chi connectivity index (χ1) is 13.0. The maximum atomic E-state index is 12.5. The van der Waals surface area contributed by atoms with E-state index in [0.29, 0.717) is 39.4 Å². The van der Waals surface area contributed by atoms with Crippen molar-refractivity contribution in [2.24, 2.45) is 0 Å². The van der Waals surface area contributed by atoms with Crippen LogP contribution in [0.3, 0.4) is 0 Å². The minimum absolute atomic E-state index is 0.198. The van der Waals surface area contributed by atoms with Gasteiger partial charge in [-0.1, -0.05) is 35.3 Å². The topological polar surface area (TPSA) is 68.1 Å². The van der Waals surface area contributed by atoms with E-state index in [2.05, 4.69) is 10.1 Å². The number of aromatic nitrogens is 3. The number of rotatable bonds is 4. The van der Waals surface area contributed by atoms with E-state index in [9.17, 15) is 9.59 Å². The standard InChI is InChI=1S/C19H14Cl2N4O2/c1-11-22-17(12-6-7-15(20)16(21)10-12)25(23-11)9-8-24-18(26)13-4-2-3-5-14(13)19(24)27/h2-7,10H,8-9H2,1H3. The van der Waals surface area contributed by atoms with E-state index in [1.165, 1.54) is 4.90 Å². The summed E-state index contributed by atoms with van der Waals surface area (Å²) >= 11 is 12.1. The summed E-state index contributed by atoms with van der Waals surface area (Å²) in [5.41, 5.74) is 1.62. The van der Waals surface area contributed by atoms with Gasteiger partial charge in [0.25, 0.3) is 11.8 Å². The maximum Gasteiger partial charge on any atom is 0.261 e. The van der Waals surface area contributed by atoms with Crippen molar-refractivity contribution >= 4 is 35.0 Å². The summed E-state index contributed by atoms with van der Waals surface area (Å²) in [6.07, 6.45) is 0. The van der Waals surface area contributed by atoms with Crippen molar-refractivity contribution in [1.82, 2.24) is 19.7 Å². The lowest BCUT2D eigenvalue weighted by Gasteiger charge is -2.14. The van der Waals surface area contributed by atoms with Gasteiger partial charge in [0, 0.05) is 12.1 Å². The summed E-state index contributed by atoms with van der Waals surface area (Å²) in [7, 11) is 0. The molecule has 2 amide bonds. The lowest BCUT2D eigenvalue weighted by Crippen LogP contribution is -2.33. The molecule has 0 fully saturated rings. The average Bonchev–Trinajstić information content (AvgIpc) is 3.14. The minimum Gasteiger partial charge on any atom is -0.272 e. The van der Waals surface area contributed by atoms with Gasteiger partial charge < -0.3 is 0 Å². The van der Waals surface area contributed by atoms with E-state index in [1.54, 1.807) is 54.1 Å². The van der Waals surface area contributed by atoms with Crippen LogP contribution in [-0.4, -0.2) is 38.0 Å². The van der Waals surface area contributed by atoms with Crippen LogP contribution in [0.2, 0.25) is 10.0 Å². The Balaban J connectivity index is 1.59. The number of nitrogens with zero attached hydrogens (tertiary/aromatic N) is 4. The fourth-order valence-corrected chi connectivity index (χ4v) is 3.40. The molecule has 0 N–H and O–H groups in total. The Hall–Kier alpha value is -2.70. The monoisotopic (exact) mass is 400 g/mol. The number of amides is 2. The Morgan fingerprint density at radius 1 is 0.926 bits per heavy atom. The van der Waals surface area contributed by atoms with Crippen LogP contribution in [0.5, 0.6) is 0 Å². The molecule has 0 saturated carbocycles. The number of hydrogen-bond acceptors (Lipinski definition) is 4. The molecule has 4 rings (SSSR count). The summed E-state index contributed by atoms with van der Waals surface area (Å²) in [6.45, 7) is 2.30. The Morgan fingerprint density at radius 2 is 1.59 bits per heavy atom. The zero-order valence-corrected chi connectivity index (χ0v) is 15.8. The fourth-order valence-electron chi connectivity index (χ4n) is 3.10. The highest BCUT2D eigenvalue weighted by molar-refractivity contribution is 6.42. The van der Waals surface area contributed by atoms with Crippen molar-refractivity contribution in [2.75, 3.05) is 6.54 Å². The van der Waals surface area contributed by atoms with Gasteiger partial charge in [0.1, 0.15) is 5.82 Å². The lowest BCUT2D eigenvalue weighted by molar-refractivity contribution is 0.0647. The van der Waals surface area contributed by atoms with Gasteiger partial charge in [-0.15, -0.1) is 0 Å². The molecule has 0 radical (unpaired) electrons. The van der Waals surface area contributed by atoms with Gasteiger partial charge in [0.15, 0.2) is 5.82 Å².